The third kappa shape index (κ3) is 4.42. The number of aromatic nitrogens is 5. The van der Waals surface area contributed by atoms with E-state index in [4.69, 9.17) is 9.97 Å². The minimum absolute atomic E-state index is 0.0910. The first-order chi connectivity index (χ1) is 26.2. The molecule has 6 nitrogen and oxygen atoms in total. The summed E-state index contributed by atoms with van der Waals surface area (Å²) in [5.41, 5.74) is 10.7. The van der Waals surface area contributed by atoms with Crippen LogP contribution >= 0.6 is 0 Å². The van der Waals surface area contributed by atoms with E-state index >= 15 is 0 Å². The number of nitrogens with zero attached hydrogens (tertiary/aromatic N) is 4. The van der Waals surface area contributed by atoms with E-state index in [1.807, 2.05) is 72.8 Å². The first-order valence-corrected chi connectivity index (χ1v) is 17.7. The second kappa shape index (κ2) is 11.4. The zero-order valence-electron chi connectivity index (χ0n) is 28.4. The van der Waals surface area contributed by atoms with E-state index < -0.39 is 0 Å². The topological polar surface area (TPSA) is 68.5 Å². The van der Waals surface area contributed by atoms with Crippen molar-refractivity contribution >= 4 is 65.4 Å². The molecule has 0 aliphatic heterocycles. The van der Waals surface area contributed by atoms with Crippen LogP contribution in [0.2, 0.25) is 0 Å². The van der Waals surface area contributed by atoms with Gasteiger partial charge in [0.2, 0.25) is 5.95 Å². The number of nitrogens with one attached hydrogen (secondary N) is 1. The zero-order chi connectivity index (χ0) is 35.0. The van der Waals surface area contributed by atoms with Gasteiger partial charge in [0.1, 0.15) is 0 Å². The monoisotopic (exact) mass is 679 g/mol. The Kier molecular flexibility index (Phi) is 6.30. The summed E-state index contributed by atoms with van der Waals surface area (Å²) in [6, 6.07) is 58.4. The molecule has 53 heavy (non-hydrogen) atoms. The number of hydrogen-bond acceptors (Lipinski definition) is 3. The maximum Gasteiger partial charge on any atom is 0.258 e. The fourth-order valence-corrected chi connectivity index (χ4v) is 8.13. The van der Waals surface area contributed by atoms with Crippen molar-refractivity contribution in [3.63, 3.8) is 0 Å². The third-order valence-electron chi connectivity index (χ3n) is 10.5. The molecule has 0 aliphatic carbocycles. The highest BCUT2D eigenvalue weighted by Gasteiger charge is 2.20. The molecule has 0 atom stereocenters. The Bertz CT molecular complexity index is 3300. The van der Waals surface area contributed by atoms with Crippen molar-refractivity contribution in [3.8, 4) is 34.0 Å². The van der Waals surface area contributed by atoms with E-state index in [0.717, 1.165) is 88.1 Å². The van der Waals surface area contributed by atoms with Crippen LogP contribution in [0.15, 0.2) is 175 Å². The van der Waals surface area contributed by atoms with Gasteiger partial charge in [-0.05, 0) is 65.7 Å². The van der Waals surface area contributed by atoms with Crippen LogP contribution in [-0.4, -0.2) is 24.1 Å². The zero-order valence-corrected chi connectivity index (χ0v) is 28.4. The second-order valence-corrected chi connectivity index (χ2v) is 13.5. The molecule has 0 aliphatic rings. The molecule has 0 amide bonds. The number of fused-ring (bicyclic) bond motifs is 9. The summed E-state index contributed by atoms with van der Waals surface area (Å²) in [7, 11) is 0. The number of H-pyrrole nitrogens is 1. The fourth-order valence-electron chi connectivity index (χ4n) is 8.13. The molecular formula is C47H29N5O. The fraction of sp³-hybridized carbons (Fsp3) is 0. The number of benzene rings is 7. The molecule has 7 aromatic carbocycles. The first kappa shape index (κ1) is 29.4. The maximum absolute atomic E-state index is 13.7. The van der Waals surface area contributed by atoms with E-state index in [0.29, 0.717) is 11.3 Å². The Hall–Kier alpha value is -7.31. The lowest BCUT2D eigenvalue weighted by Crippen LogP contribution is -2.06. The first-order valence-electron chi connectivity index (χ1n) is 17.7. The van der Waals surface area contributed by atoms with E-state index in [1.54, 1.807) is 0 Å². The lowest BCUT2D eigenvalue weighted by Gasteiger charge is -2.12. The summed E-state index contributed by atoms with van der Waals surface area (Å²) in [5, 5.41) is 5.86. The molecule has 4 aromatic heterocycles. The van der Waals surface area contributed by atoms with Gasteiger partial charge in [-0.2, -0.15) is 0 Å². The van der Waals surface area contributed by atoms with Gasteiger partial charge in [-0.3, -0.25) is 9.36 Å². The molecule has 0 saturated carbocycles. The largest absolute Gasteiger partial charge is 0.321 e. The van der Waals surface area contributed by atoms with Gasteiger partial charge < -0.3 is 9.55 Å². The Morgan fingerprint density at radius 3 is 1.85 bits per heavy atom. The summed E-state index contributed by atoms with van der Waals surface area (Å²) in [5.74, 6) is 0.632. The average Bonchev–Trinajstić information content (AvgIpc) is 3.75. The lowest BCUT2D eigenvalue weighted by atomic mass is 10.00. The molecule has 4 heterocycles. The standard InChI is InChI=1S/C47H29N5O/c53-46-43-35-19-9-12-22-41(35)51(32-15-5-2-6-16-32)45(43)37-28-30(23-25-39(37)48-46)31-24-26-42-36(27-31)33-17-8-11-21-40(33)52(42)47-49-38-20-10-7-18-34(38)44(50-47)29-13-3-1-4-14-29/h1-28H,(H,48,53). The van der Waals surface area contributed by atoms with Gasteiger partial charge in [0.05, 0.1) is 44.2 Å². The number of para-hydroxylation sites is 4. The number of pyridine rings is 1. The van der Waals surface area contributed by atoms with E-state index in [-0.39, 0.29) is 5.56 Å². The summed E-state index contributed by atoms with van der Waals surface area (Å²) in [6.45, 7) is 0. The van der Waals surface area contributed by atoms with Crippen molar-refractivity contribution in [2.75, 3.05) is 0 Å². The van der Waals surface area contributed by atoms with Crippen LogP contribution in [0, 0.1) is 0 Å². The summed E-state index contributed by atoms with van der Waals surface area (Å²) < 4.78 is 4.40. The highest BCUT2D eigenvalue weighted by Crippen LogP contribution is 2.38. The van der Waals surface area contributed by atoms with Crippen LogP contribution in [0.5, 0.6) is 0 Å². The minimum Gasteiger partial charge on any atom is -0.321 e. The van der Waals surface area contributed by atoms with Crippen molar-refractivity contribution in [1.82, 2.24) is 24.1 Å². The minimum atomic E-state index is -0.0910. The molecule has 248 valence electrons. The third-order valence-corrected chi connectivity index (χ3v) is 10.5. The molecule has 6 heteroatoms. The molecule has 11 rings (SSSR count). The quantitative estimate of drug-likeness (QED) is 0.201. The van der Waals surface area contributed by atoms with Gasteiger partial charge in [0.25, 0.3) is 5.56 Å². The highest BCUT2D eigenvalue weighted by atomic mass is 16.1. The van der Waals surface area contributed by atoms with Gasteiger partial charge in [-0.25, -0.2) is 9.97 Å². The van der Waals surface area contributed by atoms with Crippen LogP contribution < -0.4 is 5.56 Å². The normalized spacial score (nSPS) is 11.8. The molecule has 0 saturated heterocycles. The van der Waals surface area contributed by atoms with E-state index in [1.165, 1.54) is 0 Å². The maximum atomic E-state index is 13.7. The van der Waals surface area contributed by atoms with Gasteiger partial charge in [-0.1, -0.05) is 115 Å². The Labute approximate surface area is 302 Å². The number of aromatic amines is 1. The molecule has 0 radical (unpaired) electrons. The Morgan fingerprint density at radius 2 is 1.06 bits per heavy atom. The lowest BCUT2D eigenvalue weighted by molar-refractivity contribution is 1.01. The molecular weight excluding hydrogens is 651 g/mol. The van der Waals surface area contributed by atoms with Crippen LogP contribution in [0.4, 0.5) is 0 Å². The summed E-state index contributed by atoms with van der Waals surface area (Å²) in [6.07, 6.45) is 0. The predicted octanol–water partition coefficient (Wildman–Crippen LogP) is 11.0. The molecule has 0 unspecified atom stereocenters. The van der Waals surface area contributed by atoms with Gasteiger partial charge >= 0.3 is 0 Å². The smallest absolute Gasteiger partial charge is 0.258 e. The summed E-state index contributed by atoms with van der Waals surface area (Å²) in [4.78, 5) is 27.2. The van der Waals surface area contributed by atoms with Crippen molar-refractivity contribution in [3.05, 3.63) is 180 Å². The van der Waals surface area contributed by atoms with Gasteiger partial charge in [-0.15, -0.1) is 0 Å². The van der Waals surface area contributed by atoms with Gasteiger partial charge in [0.15, 0.2) is 0 Å². The Balaban J connectivity index is 1.15. The number of rotatable bonds is 4. The number of hydrogen-bond donors (Lipinski definition) is 1. The average molecular weight is 680 g/mol. The van der Waals surface area contributed by atoms with Crippen LogP contribution in [0.3, 0.4) is 0 Å². The van der Waals surface area contributed by atoms with Crippen LogP contribution in [0.25, 0.3) is 99.4 Å². The molecule has 11 aromatic rings. The Morgan fingerprint density at radius 1 is 0.453 bits per heavy atom. The predicted molar refractivity (Wildman–Crippen MR) is 217 cm³/mol. The van der Waals surface area contributed by atoms with Gasteiger partial charge in [0, 0.05) is 38.2 Å². The summed E-state index contributed by atoms with van der Waals surface area (Å²) >= 11 is 0. The second-order valence-electron chi connectivity index (χ2n) is 13.5. The molecule has 0 fully saturated rings. The SMILES string of the molecule is O=c1[nH]c2ccc(-c3ccc4c(c3)c3ccccc3n4-c3nc(-c4ccccc4)c4ccccc4n3)cc2c2c1c1ccccc1n2-c1ccccc1. The van der Waals surface area contributed by atoms with Crippen molar-refractivity contribution in [2.45, 2.75) is 0 Å². The molecule has 0 spiro atoms. The van der Waals surface area contributed by atoms with E-state index in [9.17, 15) is 4.79 Å². The molecule has 1 N–H and O–H groups in total. The highest BCUT2D eigenvalue weighted by molar-refractivity contribution is 6.18. The van der Waals surface area contributed by atoms with E-state index in [2.05, 4.69) is 111 Å². The van der Waals surface area contributed by atoms with Crippen molar-refractivity contribution in [2.24, 2.45) is 0 Å². The van der Waals surface area contributed by atoms with Crippen LogP contribution in [0.1, 0.15) is 0 Å². The molecule has 0 bridgehead atoms. The van der Waals surface area contributed by atoms with Crippen LogP contribution in [-0.2, 0) is 0 Å². The van der Waals surface area contributed by atoms with Crippen molar-refractivity contribution in [1.29, 1.82) is 0 Å². The van der Waals surface area contributed by atoms with Crippen molar-refractivity contribution < 1.29 is 0 Å².